The van der Waals surface area contributed by atoms with Gasteiger partial charge >= 0.3 is 0 Å². The molecule has 2 aromatic carbocycles. The van der Waals surface area contributed by atoms with E-state index in [4.69, 9.17) is 11.6 Å². The second kappa shape index (κ2) is 7.32. The second-order valence-electron chi connectivity index (χ2n) is 5.52. The fourth-order valence-corrected chi connectivity index (χ4v) is 2.54. The number of halogens is 1. The van der Waals surface area contributed by atoms with E-state index >= 15 is 0 Å². The predicted molar refractivity (Wildman–Crippen MR) is 101 cm³/mol. The summed E-state index contributed by atoms with van der Waals surface area (Å²) >= 11 is 6.09. The number of carbonyl (C=O) groups excluding carboxylic acids is 1. The molecule has 25 heavy (non-hydrogen) atoms. The third-order valence-corrected chi connectivity index (χ3v) is 4.30. The minimum atomic E-state index is -0.310. The third-order valence-electron chi connectivity index (χ3n) is 3.89. The lowest BCUT2D eigenvalue weighted by molar-refractivity contribution is 0.102. The number of amides is 1. The highest BCUT2D eigenvalue weighted by molar-refractivity contribution is 6.31. The summed E-state index contributed by atoms with van der Waals surface area (Å²) in [7, 11) is 1.89. The van der Waals surface area contributed by atoms with E-state index in [1.54, 1.807) is 24.3 Å². The first-order valence-electron chi connectivity index (χ1n) is 7.73. The first kappa shape index (κ1) is 16.9. The Morgan fingerprint density at radius 2 is 1.84 bits per heavy atom. The zero-order valence-corrected chi connectivity index (χ0v) is 14.7. The topological polar surface area (TPSA) is 58.1 Å². The number of para-hydroxylation sites is 1. The Hall–Kier alpha value is -2.92. The normalized spacial score (nSPS) is 10.4. The summed E-state index contributed by atoms with van der Waals surface area (Å²) in [6.07, 6.45) is 1.38. The van der Waals surface area contributed by atoms with Gasteiger partial charge in [0.1, 0.15) is 17.8 Å². The van der Waals surface area contributed by atoms with E-state index in [0.717, 1.165) is 11.3 Å². The predicted octanol–water partition coefficient (Wildman–Crippen LogP) is 4.46. The highest BCUT2D eigenvalue weighted by Crippen LogP contribution is 2.24. The zero-order valence-electron chi connectivity index (χ0n) is 13.9. The Labute approximate surface area is 151 Å². The Kier molecular flexibility index (Phi) is 4.95. The van der Waals surface area contributed by atoms with Gasteiger partial charge < -0.3 is 10.2 Å². The summed E-state index contributed by atoms with van der Waals surface area (Å²) in [6, 6.07) is 16.8. The molecule has 0 aliphatic heterocycles. The monoisotopic (exact) mass is 352 g/mol. The van der Waals surface area contributed by atoms with Gasteiger partial charge in [0.05, 0.1) is 0 Å². The van der Waals surface area contributed by atoms with Crippen LogP contribution < -0.4 is 10.2 Å². The number of hydrogen-bond acceptors (Lipinski definition) is 4. The molecule has 1 heterocycles. The van der Waals surface area contributed by atoms with Crippen LogP contribution in [0.3, 0.4) is 0 Å². The number of aromatic nitrogens is 2. The van der Waals surface area contributed by atoms with Crippen LogP contribution in [0, 0.1) is 6.92 Å². The Morgan fingerprint density at radius 3 is 2.60 bits per heavy atom. The summed E-state index contributed by atoms with van der Waals surface area (Å²) in [4.78, 5) is 22.7. The third kappa shape index (κ3) is 3.78. The molecule has 0 aliphatic carbocycles. The number of carbonyl (C=O) groups is 1. The Morgan fingerprint density at radius 1 is 1.08 bits per heavy atom. The molecular weight excluding hydrogens is 336 g/mol. The smallest absolute Gasteiger partial charge is 0.274 e. The van der Waals surface area contributed by atoms with Crippen molar-refractivity contribution in [1.29, 1.82) is 0 Å². The van der Waals surface area contributed by atoms with Crippen molar-refractivity contribution in [3.8, 4) is 0 Å². The van der Waals surface area contributed by atoms with Crippen LogP contribution in [0.15, 0.2) is 60.9 Å². The molecule has 0 fully saturated rings. The van der Waals surface area contributed by atoms with Crippen molar-refractivity contribution in [2.45, 2.75) is 6.92 Å². The van der Waals surface area contributed by atoms with Gasteiger partial charge in [-0.25, -0.2) is 9.97 Å². The minimum absolute atomic E-state index is 0.284. The molecule has 126 valence electrons. The molecule has 0 atom stereocenters. The summed E-state index contributed by atoms with van der Waals surface area (Å²) in [6.45, 7) is 1.85. The standard InChI is InChI=1S/C19H17ClN4O/c1-13-15(20)9-6-10-16(13)23-19(25)17-11-18(22-12-21-17)24(2)14-7-4-3-5-8-14/h3-12H,1-2H3,(H,23,25). The van der Waals surface area contributed by atoms with Gasteiger partial charge in [0.2, 0.25) is 0 Å². The molecule has 0 unspecified atom stereocenters. The summed E-state index contributed by atoms with van der Waals surface area (Å²) in [5, 5.41) is 3.44. The van der Waals surface area contributed by atoms with Gasteiger partial charge in [0, 0.05) is 29.5 Å². The van der Waals surface area contributed by atoms with Crippen LogP contribution in [-0.4, -0.2) is 22.9 Å². The maximum atomic E-state index is 12.5. The van der Waals surface area contributed by atoms with Crippen molar-refractivity contribution in [2.75, 3.05) is 17.3 Å². The molecule has 0 saturated carbocycles. The first-order chi connectivity index (χ1) is 12.1. The van der Waals surface area contributed by atoms with Gasteiger partial charge in [0.15, 0.2) is 0 Å². The van der Waals surface area contributed by atoms with Crippen molar-refractivity contribution in [1.82, 2.24) is 9.97 Å². The molecule has 1 amide bonds. The quantitative estimate of drug-likeness (QED) is 0.753. The molecule has 1 aromatic heterocycles. The lowest BCUT2D eigenvalue weighted by atomic mass is 10.2. The van der Waals surface area contributed by atoms with E-state index in [1.807, 2.05) is 49.2 Å². The van der Waals surface area contributed by atoms with Gasteiger partial charge in [0.25, 0.3) is 5.91 Å². The molecule has 0 aliphatic rings. The molecule has 0 bridgehead atoms. The van der Waals surface area contributed by atoms with Crippen LogP contribution in [0.1, 0.15) is 16.1 Å². The fraction of sp³-hybridized carbons (Fsp3) is 0.105. The van der Waals surface area contributed by atoms with E-state index in [2.05, 4.69) is 15.3 Å². The fourth-order valence-electron chi connectivity index (χ4n) is 2.37. The molecule has 5 nitrogen and oxygen atoms in total. The van der Waals surface area contributed by atoms with E-state index in [-0.39, 0.29) is 11.6 Å². The molecule has 0 radical (unpaired) electrons. The second-order valence-corrected chi connectivity index (χ2v) is 5.93. The molecule has 0 saturated heterocycles. The molecule has 6 heteroatoms. The van der Waals surface area contributed by atoms with E-state index in [0.29, 0.717) is 16.5 Å². The lowest BCUT2D eigenvalue weighted by Gasteiger charge is -2.18. The summed E-state index contributed by atoms with van der Waals surface area (Å²) in [5.41, 5.74) is 2.73. The van der Waals surface area contributed by atoms with Crippen molar-refractivity contribution < 1.29 is 4.79 Å². The Balaban J connectivity index is 1.83. The number of anilines is 3. The largest absolute Gasteiger partial charge is 0.329 e. The average molecular weight is 353 g/mol. The number of hydrogen-bond donors (Lipinski definition) is 1. The van der Waals surface area contributed by atoms with Gasteiger partial charge in [-0.2, -0.15) is 0 Å². The highest BCUT2D eigenvalue weighted by Gasteiger charge is 2.13. The number of nitrogens with zero attached hydrogens (tertiary/aromatic N) is 3. The first-order valence-corrected chi connectivity index (χ1v) is 8.11. The SMILES string of the molecule is Cc1c(Cl)cccc1NC(=O)c1cc(N(C)c2ccccc2)ncn1. The molecule has 0 spiro atoms. The van der Waals surface area contributed by atoms with Crippen LogP contribution >= 0.6 is 11.6 Å². The van der Waals surface area contributed by atoms with Crippen LogP contribution in [-0.2, 0) is 0 Å². The van der Waals surface area contributed by atoms with E-state index < -0.39 is 0 Å². The molecule has 1 N–H and O–H groups in total. The number of nitrogens with one attached hydrogen (secondary N) is 1. The van der Waals surface area contributed by atoms with Crippen LogP contribution in [0.25, 0.3) is 0 Å². The maximum Gasteiger partial charge on any atom is 0.274 e. The summed E-state index contributed by atoms with van der Waals surface area (Å²) < 4.78 is 0. The Bertz CT molecular complexity index is 899. The summed E-state index contributed by atoms with van der Waals surface area (Å²) in [5.74, 6) is 0.324. The van der Waals surface area contributed by atoms with Crippen molar-refractivity contribution >= 4 is 34.7 Å². The van der Waals surface area contributed by atoms with Gasteiger partial charge in [-0.1, -0.05) is 35.9 Å². The van der Waals surface area contributed by atoms with Crippen molar-refractivity contribution in [3.05, 3.63) is 77.2 Å². The zero-order chi connectivity index (χ0) is 17.8. The van der Waals surface area contributed by atoms with Gasteiger partial charge in [-0.15, -0.1) is 0 Å². The average Bonchev–Trinajstić information content (AvgIpc) is 2.65. The van der Waals surface area contributed by atoms with Gasteiger partial charge in [-0.3, -0.25) is 4.79 Å². The van der Waals surface area contributed by atoms with Crippen LogP contribution in [0.4, 0.5) is 17.2 Å². The van der Waals surface area contributed by atoms with Crippen molar-refractivity contribution in [3.63, 3.8) is 0 Å². The van der Waals surface area contributed by atoms with Crippen molar-refractivity contribution in [2.24, 2.45) is 0 Å². The lowest BCUT2D eigenvalue weighted by Crippen LogP contribution is -2.17. The van der Waals surface area contributed by atoms with Gasteiger partial charge in [-0.05, 0) is 36.8 Å². The maximum absolute atomic E-state index is 12.5. The molecular formula is C19H17ClN4O. The highest BCUT2D eigenvalue weighted by atomic mass is 35.5. The number of rotatable bonds is 4. The van der Waals surface area contributed by atoms with E-state index in [1.165, 1.54) is 6.33 Å². The van der Waals surface area contributed by atoms with Crippen LogP contribution in [0.2, 0.25) is 5.02 Å². The molecule has 3 aromatic rings. The number of benzene rings is 2. The van der Waals surface area contributed by atoms with E-state index in [9.17, 15) is 4.79 Å². The van der Waals surface area contributed by atoms with Crippen LogP contribution in [0.5, 0.6) is 0 Å². The molecule has 3 rings (SSSR count). The minimum Gasteiger partial charge on any atom is -0.329 e.